The Kier molecular flexibility index (Phi) is 9.16. The average molecular weight is 699 g/mol. The number of carbonyl (C=O) groups is 3. The fourth-order valence-electron chi connectivity index (χ4n) is 4.30. The number of imide groups is 1. The van der Waals surface area contributed by atoms with Crippen LogP contribution in [0.5, 0.6) is 11.5 Å². The van der Waals surface area contributed by atoms with Crippen molar-refractivity contribution in [3.05, 3.63) is 103 Å². The molecule has 1 heterocycles. The van der Waals surface area contributed by atoms with Crippen LogP contribution in [-0.4, -0.2) is 35.1 Å². The summed E-state index contributed by atoms with van der Waals surface area (Å²) in [6.07, 6.45) is 1.62. The zero-order chi connectivity index (χ0) is 28.9. The molecule has 1 saturated heterocycles. The lowest BCUT2D eigenvalue weighted by Gasteiger charge is -2.15. The van der Waals surface area contributed by atoms with Crippen LogP contribution >= 0.6 is 46.0 Å². The molecule has 0 atom stereocenters. The fourth-order valence-corrected chi connectivity index (χ4v) is 6.10. The molecule has 1 N–H and O–H groups in total. The van der Waals surface area contributed by atoms with Gasteiger partial charge in [-0.05, 0) is 82.6 Å². The van der Waals surface area contributed by atoms with Gasteiger partial charge in [-0.3, -0.25) is 19.3 Å². The normalized spacial score (nSPS) is 14.1. The highest BCUT2D eigenvalue weighted by Crippen LogP contribution is 2.38. The van der Waals surface area contributed by atoms with Crippen LogP contribution in [0.4, 0.5) is 10.5 Å². The van der Waals surface area contributed by atoms with E-state index in [-0.39, 0.29) is 18.1 Å². The monoisotopic (exact) mass is 698 g/mol. The Bertz CT molecular complexity index is 1690. The van der Waals surface area contributed by atoms with E-state index in [1.54, 1.807) is 24.3 Å². The van der Waals surface area contributed by atoms with Gasteiger partial charge in [0.25, 0.3) is 11.1 Å². The van der Waals surface area contributed by atoms with Gasteiger partial charge in [0.1, 0.15) is 13.2 Å². The highest BCUT2D eigenvalue weighted by Gasteiger charge is 2.36. The van der Waals surface area contributed by atoms with Crippen LogP contribution in [0.3, 0.4) is 0 Å². The maximum atomic E-state index is 13.1. The molecule has 1 aliphatic rings. The Morgan fingerprint density at radius 1 is 1.02 bits per heavy atom. The third kappa shape index (κ3) is 6.69. The predicted molar refractivity (Wildman–Crippen MR) is 171 cm³/mol. The minimum Gasteiger partial charge on any atom is -0.490 e. The summed E-state index contributed by atoms with van der Waals surface area (Å²) in [5, 5.41) is 4.77. The standard InChI is InChI=1S/C31H24ClIN2O5S/c1-2-39-26-15-19(14-24(33)29(26)40-18-21-9-4-6-12-23(21)32)16-27-30(37)35(31(38)41-27)17-28(36)34-25-13-7-10-20-8-3-5-11-22(20)25/h3-16H,2,17-18H2,1H3,(H,34,36)/b27-16+. The van der Waals surface area contributed by atoms with Crippen molar-refractivity contribution in [3.8, 4) is 11.5 Å². The number of fused-ring (bicyclic) bond motifs is 1. The number of anilines is 1. The van der Waals surface area contributed by atoms with E-state index in [1.807, 2.05) is 67.6 Å². The molecule has 41 heavy (non-hydrogen) atoms. The number of nitrogens with zero attached hydrogens (tertiary/aromatic N) is 1. The summed E-state index contributed by atoms with van der Waals surface area (Å²) in [7, 11) is 0. The van der Waals surface area contributed by atoms with E-state index in [9.17, 15) is 14.4 Å². The van der Waals surface area contributed by atoms with Crippen molar-refractivity contribution in [1.29, 1.82) is 0 Å². The lowest BCUT2D eigenvalue weighted by Crippen LogP contribution is -2.36. The zero-order valence-electron chi connectivity index (χ0n) is 21.9. The van der Waals surface area contributed by atoms with Crippen molar-refractivity contribution in [3.63, 3.8) is 0 Å². The molecule has 0 aromatic heterocycles. The molecule has 10 heteroatoms. The third-order valence-electron chi connectivity index (χ3n) is 6.20. The number of benzene rings is 4. The second kappa shape index (κ2) is 13.0. The number of rotatable bonds is 9. The van der Waals surface area contributed by atoms with Crippen LogP contribution in [-0.2, 0) is 16.2 Å². The first kappa shape index (κ1) is 29.0. The topological polar surface area (TPSA) is 84.9 Å². The zero-order valence-corrected chi connectivity index (χ0v) is 25.6. The summed E-state index contributed by atoms with van der Waals surface area (Å²) in [5.74, 6) is 0.0762. The van der Waals surface area contributed by atoms with Crippen LogP contribution in [0.1, 0.15) is 18.1 Å². The van der Waals surface area contributed by atoms with E-state index in [1.165, 1.54) is 0 Å². The maximum Gasteiger partial charge on any atom is 0.294 e. The second-order valence-electron chi connectivity index (χ2n) is 8.99. The van der Waals surface area contributed by atoms with Crippen LogP contribution in [0.25, 0.3) is 16.8 Å². The molecule has 4 aromatic carbocycles. The lowest BCUT2D eigenvalue weighted by molar-refractivity contribution is -0.127. The van der Waals surface area contributed by atoms with Crippen molar-refractivity contribution in [2.45, 2.75) is 13.5 Å². The molecule has 0 aliphatic carbocycles. The Morgan fingerprint density at radius 3 is 2.59 bits per heavy atom. The van der Waals surface area contributed by atoms with E-state index in [0.717, 1.165) is 36.6 Å². The van der Waals surface area contributed by atoms with E-state index < -0.39 is 17.1 Å². The summed E-state index contributed by atoms with van der Waals surface area (Å²) in [6.45, 7) is 2.15. The average Bonchev–Trinajstić information content (AvgIpc) is 3.21. The van der Waals surface area contributed by atoms with Gasteiger partial charge in [0.15, 0.2) is 11.5 Å². The highest BCUT2D eigenvalue weighted by atomic mass is 127. The second-order valence-corrected chi connectivity index (χ2v) is 11.5. The molecule has 208 valence electrons. The molecule has 0 saturated carbocycles. The number of thioether (sulfide) groups is 1. The Hall–Kier alpha value is -3.54. The minimum atomic E-state index is -0.528. The molecular weight excluding hydrogens is 675 g/mol. The lowest BCUT2D eigenvalue weighted by atomic mass is 10.1. The van der Waals surface area contributed by atoms with Crippen molar-refractivity contribution in [2.75, 3.05) is 18.5 Å². The number of nitrogens with one attached hydrogen (secondary N) is 1. The van der Waals surface area contributed by atoms with Gasteiger partial charge in [-0.15, -0.1) is 0 Å². The summed E-state index contributed by atoms with van der Waals surface area (Å²) < 4.78 is 12.7. The number of amides is 3. The SMILES string of the molecule is CCOc1cc(/C=C2/SC(=O)N(CC(=O)Nc3cccc4ccccc34)C2=O)cc(I)c1OCc1ccccc1Cl. The predicted octanol–water partition coefficient (Wildman–Crippen LogP) is 7.75. The molecule has 0 spiro atoms. The molecule has 1 fully saturated rings. The smallest absolute Gasteiger partial charge is 0.294 e. The number of hydrogen-bond donors (Lipinski definition) is 1. The Balaban J connectivity index is 1.31. The number of ether oxygens (including phenoxy) is 2. The Labute approximate surface area is 260 Å². The van der Waals surface area contributed by atoms with Gasteiger partial charge in [0.2, 0.25) is 5.91 Å². The molecule has 0 radical (unpaired) electrons. The first-order valence-electron chi connectivity index (χ1n) is 12.7. The quantitative estimate of drug-likeness (QED) is 0.142. The molecular formula is C31H24ClIN2O5S. The molecule has 4 aromatic rings. The molecule has 5 rings (SSSR count). The highest BCUT2D eigenvalue weighted by molar-refractivity contribution is 14.1. The molecule has 7 nitrogen and oxygen atoms in total. The first-order chi connectivity index (χ1) is 19.8. The summed E-state index contributed by atoms with van der Waals surface area (Å²) >= 11 is 9.21. The summed E-state index contributed by atoms with van der Waals surface area (Å²) in [5.41, 5.74) is 2.12. The van der Waals surface area contributed by atoms with Gasteiger partial charge >= 0.3 is 0 Å². The van der Waals surface area contributed by atoms with Crippen LogP contribution in [0, 0.1) is 3.57 Å². The Morgan fingerprint density at radius 2 is 1.78 bits per heavy atom. The molecule has 1 aliphatic heterocycles. The van der Waals surface area contributed by atoms with Gasteiger partial charge in [-0.1, -0.05) is 66.2 Å². The van der Waals surface area contributed by atoms with Gasteiger partial charge in [0.05, 0.1) is 15.1 Å². The van der Waals surface area contributed by atoms with Crippen LogP contribution < -0.4 is 14.8 Å². The minimum absolute atomic E-state index is 0.218. The van der Waals surface area contributed by atoms with E-state index in [2.05, 4.69) is 27.9 Å². The number of carbonyl (C=O) groups excluding carboxylic acids is 3. The molecule has 3 amide bonds. The maximum absolute atomic E-state index is 13.1. The third-order valence-corrected chi connectivity index (χ3v) is 8.28. The van der Waals surface area contributed by atoms with Gasteiger partial charge in [-0.25, -0.2) is 0 Å². The van der Waals surface area contributed by atoms with Crippen molar-refractivity contribution in [2.24, 2.45) is 0 Å². The van der Waals surface area contributed by atoms with Gasteiger partial charge in [0, 0.05) is 21.7 Å². The summed E-state index contributed by atoms with van der Waals surface area (Å²) in [6, 6.07) is 24.3. The van der Waals surface area contributed by atoms with Gasteiger partial charge in [-0.2, -0.15) is 0 Å². The first-order valence-corrected chi connectivity index (χ1v) is 15.0. The van der Waals surface area contributed by atoms with E-state index >= 15 is 0 Å². The summed E-state index contributed by atoms with van der Waals surface area (Å²) in [4.78, 5) is 39.8. The largest absolute Gasteiger partial charge is 0.490 e. The van der Waals surface area contributed by atoms with Crippen molar-refractivity contribution < 1.29 is 23.9 Å². The molecule has 0 unspecified atom stereocenters. The fraction of sp³-hybridized carbons (Fsp3) is 0.129. The van der Waals surface area contributed by atoms with Crippen molar-refractivity contribution >= 4 is 85.5 Å². The number of hydrogen-bond acceptors (Lipinski definition) is 6. The number of halogens is 2. The van der Waals surface area contributed by atoms with Crippen molar-refractivity contribution in [1.82, 2.24) is 4.90 Å². The van der Waals surface area contributed by atoms with E-state index in [4.69, 9.17) is 21.1 Å². The molecule has 0 bridgehead atoms. The van der Waals surface area contributed by atoms with E-state index in [0.29, 0.717) is 34.4 Å². The van der Waals surface area contributed by atoms with Gasteiger partial charge < -0.3 is 14.8 Å². The van der Waals surface area contributed by atoms with Crippen LogP contribution in [0.15, 0.2) is 83.8 Å². The van der Waals surface area contributed by atoms with Crippen LogP contribution in [0.2, 0.25) is 5.02 Å².